The van der Waals surface area contributed by atoms with E-state index < -0.39 is 12.1 Å². The second kappa shape index (κ2) is 7.40. The van der Waals surface area contributed by atoms with Gasteiger partial charge in [-0.2, -0.15) is 0 Å². The number of hydrogen-bond acceptors (Lipinski definition) is 5. The van der Waals surface area contributed by atoms with Crippen molar-refractivity contribution < 1.29 is 19.1 Å². The number of fused-ring (bicyclic) bond motifs is 1. The zero-order chi connectivity index (χ0) is 16.9. The van der Waals surface area contributed by atoms with Crippen LogP contribution in [0.25, 0.3) is 0 Å². The molecular formula is C18H17NO4S. The van der Waals surface area contributed by atoms with Gasteiger partial charge in [0.1, 0.15) is 12.4 Å². The van der Waals surface area contributed by atoms with E-state index in [0.29, 0.717) is 11.4 Å². The number of hydrogen-bond donors (Lipinski definition) is 1. The smallest absolute Gasteiger partial charge is 0.310 e. The topological polar surface area (TPSA) is 64.6 Å². The van der Waals surface area contributed by atoms with Crippen LogP contribution in [0.1, 0.15) is 12.0 Å². The van der Waals surface area contributed by atoms with Crippen molar-refractivity contribution in [2.45, 2.75) is 24.0 Å². The van der Waals surface area contributed by atoms with Crippen molar-refractivity contribution in [2.24, 2.45) is 0 Å². The fourth-order valence-corrected chi connectivity index (χ4v) is 2.73. The minimum Gasteiger partial charge on any atom is -0.478 e. The fraction of sp³-hybridized carbons (Fsp3) is 0.222. The molecule has 5 nitrogen and oxygen atoms in total. The monoisotopic (exact) mass is 343 g/mol. The Balaban J connectivity index is 1.54. The highest BCUT2D eigenvalue weighted by Crippen LogP contribution is 2.29. The quantitative estimate of drug-likeness (QED) is 0.667. The molecule has 124 valence electrons. The number of carbonyl (C=O) groups is 2. The summed E-state index contributed by atoms with van der Waals surface area (Å²) in [5.41, 5.74) is 1.52. The Bertz CT molecular complexity index is 745. The first-order valence-electron chi connectivity index (χ1n) is 7.51. The van der Waals surface area contributed by atoms with Gasteiger partial charge in [-0.3, -0.25) is 9.59 Å². The number of amides is 1. The lowest BCUT2D eigenvalue weighted by atomic mass is 10.1. The number of para-hydroxylation sites is 2. The molecule has 2 aromatic rings. The van der Waals surface area contributed by atoms with Crippen molar-refractivity contribution in [2.75, 3.05) is 11.6 Å². The average Bonchev–Trinajstić information content (AvgIpc) is 2.61. The van der Waals surface area contributed by atoms with E-state index in [4.69, 9.17) is 9.47 Å². The minimum atomic E-state index is -0.869. The van der Waals surface area contributed by atoms with Crippen LogP contribution in [0.3, 0.4) is 0 Å². The van der Waals surface area contributed by atoms with Gasteiger partial charge in [-0.05, 0) is 36.1 Å². The second-order valence-electron chi connectivity index (χ2n) is 5.30. The Labute approximate surface area is 144 Å². The molecule has 1 aliphatic heterocycles. The van der Waals surface area contributed by atoms with Gasteiger partial charge >= 0.3 is 5.97 Å². The third-order valence-electron chi connectivity index (χ3n) is 3.62. The third kappa shape index (κ3) is 3.89. The highest BCUT2D eigenvalue weighted by Gasteiger charge is 2.30. The number of rotatable bonds is 5. The zero-order valence-corrected chi connectivity index (χ0v) is 14.0. The molecule has 0 saturated heterocycles. The highest BCUT2D eigenvalue weighted by atomic mass is 32.2. The van der Waals surface area contributed by atoms with E-state index in [2.05, 4.69) is 5.32 Å². The molecule has 0 saturated carbocycles. The largest absolute Gasteiger partial charge is 0.478 e. The number of carbonyl (C=O) groups excluding carboxylic acids is 2. The Morgan fingerprint density at radius 3 is 2.71 bits per heavy atom. The summed E-state index contributed by atoms with van der Waals surface area (Å²) in [4.78, 5) is 25.1. The molecule has 1 amide bonds. The normalized spacial score (nSPS) is 15.9. The molecule has 1 atom stereocenters. The summed E-state index contributed by atoms with van der Waals surface area (Å²) in [5.74, 6) is -0.249. The van der Waals surface area contributed by atoms with Gasteiger partial charge < -0.3 is 14.8 Å². The van der Waals surface area contributed by atoms with Gasteiger partial charge in [-0.1, -0.05) is 24.3 Å². The first kappa shape index (κ1) is 16.4. The van der Waals surface area contributed by atoms with Crippen molar-refractivity contribution in [3.05, 3.63) is 54.1 Å². The van der Waals surface area contributed by atoms with E-state index in [1.807, 2.05) is 36.6 Å². The molecule has 0 fully saturated rings. The average molecular weight is 343 g/mol. The summed E-state index contributed by atoms with van der Waals surface area (Å²) in [6.45, 7) is 0.179. The van der Waals surface area contributed by atoms with Crippen LogP contribution in [-0.4, -0.2) is 24.2 Å². The van der Waals surface area contributed by atoms with Gasteiger partial charge in [0.15, 0.2) is 6.10 Å². The van der Waals surface area contributed by atoms with E-state index in [0.717, 1.165) is 10.5 Å². The molecule has 0 aliphatic carbocycles. The first-order valence-corrected chi connectivity index (χ1v) is 8.73. The Morgan fingerprint density at radius 1 is 1.21 bits per heavy atom. The molecule has 0 unspecified atom stereocenters. The summed E-state index contributed by atoms with van der Waals surface area (Å²) in [5, 5.41) is 2.73. The molecule has 0 radical (unpaired) electrons. The molecule has 2 aromatic carbocycles. The van der Waals surface area contributed by atoms with Crippen LogP contribution >= 0.6 is 11.8 Å². The molecule has 3 rings (SSSR count). The van der Waals surface area contributed by atoms with Crippen molar-refractivity contribution >= 4 is 29.3 Å². The lowest BCUT2D eigenvalue weighted by molar-refractivity contribution is -0.149. The van der Waals surface area contributed by atoms with Crippen molar-refractivity contribution in [3.8, 4) is 5.75 Å². The van der Waals surface area contributed by atoms with E-state index in [9.17, 15) is 9.59 Å². The van der Waals surface area contributed by atoms with Crippen LogP contribution in [-0.2, 0) is 20.9 Å². The predicted molar refractivity (Wildman–Crippen MR) is 92.1 cm³/mol. The summed E-state index contributed by atoms with van der Waals surface area (Å²) in [7, 11) is 0. The predicted octanol–water partition coefficient (Wildman–Crippen LogP) is 3.24. The van der Waals surface area contributed by atoms with Crippen molar-refractivity contribution in [3.63, 3.8) is 0 Å². The van der Waals surface area contributed by atoms with Crippen LogP contribution in [0.2, 0.25) is 0 Å². The molecule has 0 bridgehead atoms. The summed E-state index contributed by atoms with van der Waals surface area (Å²) < 4.78 is 10.8. The Kier molecular flexibility index (Phi) is 5.05. The number of ether oxygens (including phenoxy) is 2. The van der Waals surface area contributed by atoms with Crippen molar-refractivity contribution in [1.29, 1.82) is 0 Å². The van der Waals surface area contributed by atoms with E-state index in [1.54, 1.807) is 30.0 Å². The third-order valence-corrected chi connectivity index (χ3v) is 4.36. The van der Waals surface area contributed by atoms with Crippen molar-refractivity contribution in [1.82, 2.24) is 0 Å². The maximum absolute atomic E-state index is 12.0. The number of benzene rings is 2. The van der Waals surface area contributed by atoms with Crippen LogP contribution < -0.4 is 10.1 Å². The number of thioether (sulfide) groups is 1. The van der Waals surface area contributed by atoms with Gasteiger partial charge in [0, 0.05) is 4.90 Å². The minimum absolute atomic E-state index is 0.122. The molecule has 1 N–H and O–H groups in total. The number of nitrogens with one attached hydrogen (secondary N) is 1. The van der Waals surface area contributed by atoms with E-state index >= 15 is 0 Å². The first-order chi connectivity index (χ1) is 11.7. The maximum atomic E-state index is 12.0. The summed E-state index contributed by atoms with van der Waals surface area (Å²) in [6.07, 6.45) is 1.01. The SMILES string of the molecule is CSc1ccc(COC(=O)C[C@H]2Oc3ccccc3NC2=O)cc1. The van der Waals surface area contributed by atoms with E-state index in [1.165, 1.54) is 0 Å². The zero-order valence-electron chi connectivity index (χ0n) is 13.2. The van der Waals surface area contributed by atoms with Gasteiger partial charge in [-0.25, -0.2) is 0 Å². The molecule has 0 aromatic heterocycles. The summed E-state index contributed by atoms with van der Waals surface area (Å²) >= 11 is 1.65. The number of esters is 1. The molecule has 6 heteroatoms. The molecule has 1 aliphatic rings. The lowest BCUT2D eigenvalue weighted by Gasteiger charge is -2.25. The lowest BCUT2D eigenvalue weighted by Crippen LogP contribution is -2.38. The molecule has 24 heavy (non-hydrogen) atoms. The van der Waals surface area contributed by atoms with Crippen LogP contribution in [0.15, 0.2) is 53.4 Å². The van der Waals surface area contributed by atoms with E-state index in [-0.39, 0.29) is 18.9 Å². The van der Waals surface area contributed by atoms with Gasteiger partial charge in [0.25, 0.3) is 5.91 Å². The fourth-order valence-electron chi connectivity index (χ4n) is 2.32. The molecular weight excluding hydrogens is 326 g/mol. The standard InChI is InChI=1S/C18H17NO4S/c1-24-13-8-6-12(7-9-13)11-22-17(20)10-16-18(21)19-14-4-2-3-5-15(14)23-16/h2-9,16H,10-11H2,1H3,(H,19,21)/t16-/m1/s1. The highest BCUT2D eigenvalue weighted by molar-refractivity contribution is 7.98. The van der Waals surface area contributed by atoms with Gasteiger partial charge in [0.05, 0.1) is 12.1 Å². The Hall–Kier alpha value is -2.47. The van der Waals surface area contributed by atoms with Crippen LogP contribution in [0.4, 0.5) is 5.69 Å². The van der Waals surface area contributed by atoms with Gasteiger partial charge in [-0.15, -0.1) is 11.8 Å². The Morgan fingerprint density at radius 2 is 1.96 bits per heavy atom. The molecule has 0 spiro atoms. The van der Waals surface area contributed by atoms with Gasteiger partial charge in [0.2, 0.25) is 0 Å². The maximum Gasteiger partial charge on any atom is 0.310 e. The van der Waals surface area contributed by atoms with Crippen LogP contribution in [0, 0.1) is 0 Å². The number of anilines is 1. The molecule has 1 heterocycles. The summed E-state index contributed by atoms with van der Waals surface area (Å²) in [6, 6.07) is 14.9. The second-order valence-corrected chi connectivity index (χ2v) is 6.18. The van der Waals surface area contributed by atoms with Crippen LogP contribution in [0.5, 0.6) is 5.75 Å².